The molecule has 0 aromatic heterocycles. The summed E-state index contributed by atoms with van der Waals surface area (Å²) < 4.78 is 26.9. The van der Waals surface area contributed by atoms with Crippen molar-refractivity contribution in [2.45, 2.75) is 70.6 Å². The summed E-state index contributed by atoms with van der Waals surface area (Å²) in [4.78, 5) is 0. The maximum Gasteiger partial charge on any atom is 0.248 e. The zero-order valence-electron chi connectivity index (χ0n) is 11.6. The molecule has 0 aromatic rings. The molecule has 1 unspecified atom stereocenters. The largest absolute Gasteiger partial charge is 0.330 e. The quantitative estimate of drug-likeness (QED) is 0.800. The van der Waals surface area contributed by atoms with Crippen LogP contribution in [0.15, 0.2) is 0 Å². The Hall–Kier alpha value is -0.180. The number of nitrogens with two attached hydrogens (primary N) is 1. The lowest BCUT2D eigenvalue weighted by atomic mass is 9.65. The van der Waals surface area contributed by atoms with Crippen LogP contribution in [0.3, 0.4) is 0 Å². The minimum atomic E-state index is -2.42. The highest BCUT2D eigenvalue weighted by atomic mass is 19.3. The maximum absolute atomic E-state index is 13.5. The van der Waals surface area contributed by atoms with Crippen molar-refractivity contribution in [1.82, 2.24) is 0 Å². The molecular formula is C15H27F2N. The Kier molecular flexibility index (Phi) is 4.30. The Bertz CT molecular complexity index is 270. The second-order valence-corrected chi connectivity index (χ2v) is 6.91. The van der Waals surface area contributed by atoms with Gasteiger partial charge < -0.3 is 5.73 Å². The Morgan fingerprint density at radius 3 is 2.33 bits per heavy atom. The number of alkyl halides is 2. The van der Waals surface area contributed by atoms with Gasteiger partial charge in [-0.15, -0.1) is 0 Å². The third-order valence-electron chi connectivity index (χ3n) is 5.23. The summed E-state index contributed by atoms with van der Waals surface area (Å²) in [6.45, 7) is 2.97. The van der Waals surface area contributed by atoms with Crippen LogP contribution in [0.25, 0.3) is 0 Å². The van der Waals surface area contributed by atoms with E-state index >= 15 is 0 Å². The number of hydrogen-bond acceptors (Lipinski definition) is 1. The molecule has 0 aromatic carbocycles. The Balaban J connectivity index is 1.93. The van der Waals surface area contributed by atoms with Crippen molar-refractivity contribution in [3.63, 3.8) is 0 Å². The van der Waals surface area contributed by atoms with E-state index in [9.17, 15) is 8.78 Å². The smallest absolute Gasteiger partial charge is 0.248 e. The molecule has 2 fully saturated rings. The summed E-state index contributed by atoms with van der Waals surface area (Å²) in [7, 11) is 0. The van der Waals surface area contributed by atoms with Crippen LogP contribution >= 0.6 is 0 Å². The predicted molar refractivity (Wildman–Crippen MR) is 70.6 cm³/mol. The zero-order chi connectivity index (χ0) is 13.2. The molecule has 2 aliphatic rings. The van der Waals surface area contributed by atoms with Gasteiger partial charge in [0, 0.05) is 12.8 Å². The zero-order valence-corrected chi connectivity index (χ0v) is 11.6. The number of rotatable bonds is 3. The third kappa shape index (κ3) is 3.43. The fourth-order valence-corrected chi connectivity index (χ4v) is 3.93. The van der Waals surface area contributed by atoms with Crippen LogP contribution in [-0.4, -0.2) is 12.5 Å². The van der Waals surface area contributed by atoms with Gasteiger partial charge in [-0.25, -0.2) is 8.78 Å². The van der Waals surface area contributed by atoms with Gasteiger partial charge in [0.15, 0.2) is 0 Å². The fraction of sp³-hybridized carbons (Fsp3) is 1.00. The second kappa shape index (κ2) is 5.44. The van der Waals surface area contributed by atoms with E-state index in [1.54, 1.807) is 0 Å². The molecule has 0 bridgehead atoms. The fourth-order valence-electron chi connectivity index (χ4n) is 3.93. The molecule has 0 spiro atoms. The summed E-state index contributed by atoms with van der Waals surface area (Å²) in [6.07, 6.45) is 7.54. The van der Waals surface area contributed by atoms with Crippen LogP contribution < -0.4 is 5.73 Å². The van der Waals surface area contributed by atoms with Crippen LogP contribution in [0.4, 0.5) is 8.78 Å². The first-order chi connectivity index (χ1) is 8.45. The molecule has 0 amide bonds. The first-order valence-corrected chi connectivity index (χ1v) is 7.53. The molecule has 18 heavy (non-hydrogen) atoms. The van der Waals surface area contributed by atoms with Crippen molar-refractivity contribution in [3.8, 4) is 0 Å². The van der Waals surface area contributed by atoms with Crippen molar-refractivity contribution in [1.29, 1.82) is 0 Å². The van der Waals surface area contributed by atoms with Crippen LogP contribution in [0, 0.1) is 17.3 Å². The van der Waals surface area contributed by atoms with Gasteiger partial charge in [0.25, 0.3) is 0 Å². The molecular weight excluding hydrogens is 232 g/mol. The molecule has 0 heterocycles. The van der Waals surface area contributed by atoms with Crippen molar-refractivity contribution >= 4 is 0 Å². The van der Waals surface area contributed by atoms with E-state index in [-0.39, 0.29) is 24.2 Å². The van der Waals surface area contributed by atoms with Crippen LogP contribution in [0.1, 0.15) is 64.7 Å². The standard InChI is InChI=1S/C15H27F2N/c1-12-4-7-14(11-18,8-5-12)9-13-3-2-6-15(16,17)10-13/h12-13H,2-11,18H2,1H3. The van der Waals surface area contributed by atoms with Crippen molar-refractivity contribution in [3.05, 3.63) is 0 Å². The minimum Gasteiger partial charge on any atom is -0.330 e. The van der Waals surface area contributed by atoms with Crippen LogP contribution in [-0.2, 0) is 0 Å². The van der Waals surface area contributed by atoms with Crippen molar-refractivity contribution in [2.75, 3.05) is 6.54 Å². The lowest BCUT2D eigenvalue weighted by Gasteiger charge is -2.42. The summed E-state index contributed by atoms with van der Waals surface area (Å²) in [5, 5.41) is 0. The van der Waals surface area contributed by atoms with E-state index in [1.165, 1.54) is 12.8 Å². The molecule has 3 heteroatoms. The highest BCUT2D eigenvalue weighted by Gasteiger charge is 2.41. The first-order valence-electron chi connectivity index (χ1n) is 7.53. The van der Waals surface area contributed by atoms with E-state index in [0.29, 0.717) is 13.0 Å². The SMILES string of the molecule is CC1CCC(CN)(CC2CCCC(F)(F)C2)CC1. The topological polar surface area (TPSA) is 26.0 Å². The molecule has 1 nitrogen and oxygen atoms in total. The van der Waals surface area contributed by atoms with Crippen molar-refractivity contribution in [2.24, 2.45) is 23.0 Å². The van der Waals surface area contributed by atoms with Gasteiger partial charge in [0.2, 0.25) is 5.92 Å². The number of hydrogen-bond donors (Lipinski definition) is 1. The first kappa shape index (κ1) is 14.2. The number of halogens is 2. The average Bonchev–Trinajstić information content (AvgIpc) is 2.31. The third-order valence-corrected chi connectivity index (χ3v) is 5.23. The average molecular weight is 259 g/mol. The van der Waals surface area contributed by atoms with Crippen LogP contribution in [0.2, 0.25) is 0 Å². The molecule has 0 aliphatic heterocycles. The predicted octanol–water partition coefficient (Wildman–Crippen LogP) is 4.36. The summed E-state index contributed by atoms with van der Waals surface area (Å²) in [6, 6.07) is 0. The lowest BCUT2D eigenvalue weighted by molar-refractivity contribution is -0.0616. The summed E-state index contributed by atoms with van der Waals surface area (Å²) in [5.41, 5.74) is 6.15. The Labute approximate surface area is 110 Å². The van der Waals surface area contributed by atoms with E-state index in [2.05, 4.69) is 6.92 Å². The molecule has 106 valence electrons. The van der Waals surface area contributed by atoms with Crippen LogP contribution in [0.5, 0.6) is 0 Å². The lowest BCUT2D eigenvalue weighted by Crippen LogP contribution is -2.38. The molecule has 0 radical (unpaired) electrons. The molecule has 2 rings (SSSR count). The van der Waals surface area contributed by atoms with E-state index in [1.807, 2.05) is 0 Å². The monoisotopic (exact) mass is 259 g/mol. The van der Waals surface area contributed by atoms with Gasteiger partial charge >= 0.3 is 0 Å². The Morgan fingerprint density at radius 1 is 1.11 bits per heavy atom. The van der Waals surface area contributed by atoms with Gasteiger partial charge in [-0.05, 0) is 55.9 Å². The highest BCUT2D eigenvalue weighted by molar-refractivity contribution is 4.90. The van der Waals surface area contributed by atoms with Crippen molar-refractivity contribution < 1.29 is 8.78 Å². The van der Waals surface area contributed by atoms with Gasteiger partial charge in [0.1, 0.15) is 0 Å². The van der Waals surface area contributed by atoms with E-state index < -0.39 is 5.92 Å². The summed E-state index contributed by atoms with van der Waals surface area (Å²) >= 11 is 0. The van der Waals surface area contributed by atoms with E-state index in [4.69, 9.17) is 5.73 Å². The van der Waals surface area contributed by atoms with Gasteiger partial charge in [-0.1, -0.05) is 19.8 Å². The second-order valence-electron chi connectivity index (χ2n) is 6.91. The van der Waals surface area contributed by atoms with Gasteiger partial charge in [0.05, 0.1) is 0 Å². The minimum absolute atomic E-state index is 0.0934. The molecule has 1 atom stereocenters. The highest BCUT2D eigenvalue weighted by Crippen LogP contribution is 2.47. The maximum atomic E-state index is 13.5. The van der Waals surface area contributed by atoms with Gasteiger partial charge in [-0.2, -0.15) is 0 Å². The van der Waals surface area contributed by atoms with Gasteiger partial charge in [-0.3, -0.25) is 0 Å². The van der Waals surface area contributed by atoms with E-state index in [0.717, 1.165) is 31.6 Å². The molecule has 2 aliphatic carbocycles. The molecule has 2 saturated carbocycles. The Morgan fingerprint density at radius 2 is 1.78 bits per heavy atom. The normalized spacial score (nSPS) is 40.7. The summed E-state index contributed by atoms with van der Waals surface area (Å²) in [5.74, 6) is -1.43. The molecule has 0 saturated heterocycles. The molecule has 2 N–H and O–H groups in total.